The smallest absolute Gasteiger partial charge is 0.338 e. The largest absolute Gasteiger partial charge is 0.452 e. The first-order valence-electron chi connectivity index (χ1n) is 11.0. The van der Waals surface area contributed by atoms with E-state index in [4.69, 9.17) is 14.2 Å². The predicted octanol–water partition coefficient (Wildman–Crippen LogP) is 5.00. The molecular weight excluding hydrogens is 436 g/mol. The van der Waals surface area contributed by atoms with Gasteiger partial charge in [-0.2, -0.15) is 0 Å². The number of carbonyl (C=O) groups is 1. The van der Waals surface area contributed by atoms with Gasteiger partial charge < -0.3 is 19.3 Å². The van der Waals surface area contributed by atoms with Gasteiger partial charge in [0.15, 0.2) is 6.10 Å². The average Bonchev–Trinajstić information content (AvgIpc) is 2.84. The van der Waals surface area contributed by atoms with Crippen molar-refractivity contribution in [1.29, 1.82) is 0 Å². The molecule has 0 saturated carbocycles. The quantitative estimate of drug-likeness (QED) is 0.496. The zero-order valence-electron chi connectivity index (χ0n) is 18.7. The molecule has 6 heteroatoms. The van der Waals surface area contributed by atoms with E-state index < -0.39 is 35.8 Å². The third-order valence-electron chi connectivity index (χ3n) is 5.56. The molecule has 5 nitrogen and oxygen atoms in total. The second-order valence-corrected chi connectivity index (χ2v) is 9.30. The third-order valence-corrected chi connectivity index (χ3v) is 6.72. The van der Waals surface area contributed by atoms with Crippen LogP contribution in [0.3, 0.4) is 0 Å². The Bertz CT molecular complexity index is 1030. The van der Waals surface area contributed by atoms with Crippen LogP contribution in [-0.2, 0) is 20.8 Å². The minimum Gasteiger partial charge on any atom is -0.452 e. The maximum absolute atomic E-state index is 12.8. The Morgan fingerprint density at radius 2 is 1.58 bits per heavy atom. The molecule has 3 aromatic carbocycles. The van der Waals surface area contributed by atoms with Crippen molar-refractivity contribution in [3.05, 3.63) is 102 Å². The van der Waals surface area contributed by atoms with Crippen LogP contribution in [0.5, 0.6) is 0 Å². The molecule has 0 spiro atoms. The number of aryl methyl sites for hydroxylation is 1. The van der Waals surface area contributed by atoms with Crippen LogP contribution in [0.1, 0.15) is 28.4 Å². The SMILES string of the molecule is Cc1ccc(S[C@H]2O[C@@H](C)[C@H](OCc3ccccc3)[C@@H](O)[C@H]2OC(=O)c2ccccc2)cc1. The number of thioether (sulfide) groups is 1. The highest BCUT2D eigenvalue weighted by Gasteiger charge is 2.47. The van der Waals surface area contributed by atoms with Crippen molar-refractivity contribution < 1.29 is 24.1 Å². The number of hydrogen-bond donors (Lipinski definition) is 1. The van der Waals surface area contributed by atoms with Crippen LogP contribution in [0.4, 0.5) is 0 Å². The Morgan fingerprint density at radius 3 is 2.24 bits per heavy atom. The zero-order valence-corrected chi connectivity index (χ0v) is 19.5. The summed E-state index contributed by atoms with van der Waals surface area (Å²) in [4.78, 5) is 13.8. The summed E-state index contributed by atoms with van der Waals surface area (Å²) in [6, 6.07) is 26.5. The zero-order chi connectivity index (χ0) is 23.2. The Labute approximate surface area is 198 Å². The summed E-state index contributed by atoms with van der Waals surface area (Å²) in [6.45, 7) is 4.22. The first-order chi connectivity index (χ1) is 16.0. The van der Waals surface area contributed by atoms with Gasteiger partial charge in [0.25, 0.3) is 0 Å². The maximum atomic E-state index is 12.8. The van der Waals surface area contributed by atoms with Gasteiger partial charge >= 0.3 is 5.97 Å². The Morgan fingerprint density at radius 1 is 0.939 bits per heavy atom. The minimum absolute atomic E-state index is 0.325. The molecule has 1 aliphatic rings. The normalized spacial score (nSPS) is 24.9. The van der Waals surface area contributed by atoms with Gasteiger partial charge in [-0.1, -0.05) is 78.0 Å². The van der Waals surface area contributed by atoms with Crippen LogP contribution in [0.15, 0.2) is 89.8 Å². The van der Waals surface area contributed by atoms with Crippen LogP contribution >= 0.6 is 11.8 Å². The van der Waals surface area contributed by atoms with Crippen LogP contribution in [-0.4, -0.2) is 40.9 Å². The fraction of sp³-hybridized carbons (Fsp3) is 0.296. The van der Waals surface area contributed by atoms with Crippen LogP contribution in [0.25, 0.3) is 0 Å². The third kappa shape index (κ3) is 6.03. The number of rotatable bonds is 7. The summed E-state index contributed by atoms with van der Waals surface area (Å²) >= 11 is 1.43. The molecule has 1 aliphatic heterocycles. The van der Waals surface area contributed by atoms with Gasteiger partial charge in [0.1, 0.15) is 17.6 Å². The molecule has 5 atom stereocenters. The molecule has 33 heavy (non-hydrogen) atoms. The highest BCUT2D eigenvalue weighted by atomic mass is 32.2. The highest BCUT2D eigenvalue weighted by molar-refractivity contribution is 7.99. The molecule has 3 aromatic rings. The van der Waals surface area contributed by atoms with Gasteiger partial charge in [-0.05, 0) is 43.7 Å². The first-order valence-corrected chi connectivity index (χ1v) is 11.9. The van der Waals surface area contributed by atoms with Gasteiger partial charge in [0.05, 0.1) is 18.3 Å². The molecule has 0 aromatic heterocycles. The van der Waals surface area contributed by atoms with Crippen molar-refractivity contribution in [2.45, 2.75) is 55.2 Å². The van der Waals surface area contributed by atoms with E-state index >= 15 is 0 Å². The second kappa shape index (κ2) is 11.0. The number of esters is 1. The molecule has 1 saturated heterocycles. The van der Waals surface area contributed by atoms with E-state index in [1.165, 1.54) is 11.8 Å². The van der Waals surface area contributed by atoms with E-state index in [0.717, 1.165) is 16.0 Å². The summed E-state index contributed by atoms with van der Waals surface area (Å²) in [5.41, 5.74) is 1.98. The van der Waals surface area contributed by atoms with E-state index in [9.17, 15) is 9.90 Å². The number of aliphatic hydroxyl groups is 1. The highest BCUT2D eigenvalue weighted by Crippen LogP contribution is 2.36. The van der Waals surface area contributed by atoms with Gasteiger partial charge in [-0.25, -0.2) is 4.79 Å². The molecular formula is C27H28O5S. The molecule has 0 amide bonds. The lowest BCUT2D eigenvalue weighted by Crippen LogP contribution is -2.57. The number of carbonyl (C=O) groups excluding carboxylic acids is 1. The van der Waals surface area contributed by atoms with E-state index in [0.29, 0.717) is 12.2 Å². The number of benzene rings is 3. The average molecular weight is 465 g/mol. The second-order valence-electron chi connectivity index (χ2n) is 8.13. The van der Waals surface area contributed by atoms with Crippen molar-refractivity contribution in [1.82, 2.24) is 0 Å². The van der Waals surface area contributed by atoms with Crippen molar-refractivity contribution in [2.75, 3.05) is 0 Å². The van der Waals surface area contributed by atoms with Crippen LogP contribution in [0, 0.1) is 6.92 Å². The summed E-state index contributed by atoms with van der Waals surface area (Å²) in [7, 11) is 0. The molecule has 0 unspecified atom stereocenters. The van der Waals surface area contributed by atoms with E-state index in [-0.39, 0.29) is 0 Å². The van der Waals surface area contributed by atoms with Gasteiger partial charge in [0, 0.05) is 4.90 Å². The molecule has 4 rings (SSSR count). The molecule has 0 radical (unpaired) electrons. The Hall–Kier alpha value is -2.64. The van der Waals surface area contributed by atoms with Crippen molar-refractivity contribution in [3.8, 4) is 0 Å². The van der Waals surface area contributed by atoms with Gasteiger partial charge in [-0.3, -0.25) is 0 Å². The van der Waals surface area contributed by atoms with E-state index in [1.807, 2.05) is 74.5 Å². The summed E-state index contributed by atoms with van der Waals surface area (Å²) in [5, 5.41) is 11.3. The monoisotopic (exact) mass is 464 g/mol. The standard InChI is InChI=1S/C27H28O5S/c1-18-13-15-22(16-14-18)33-27-25(32-26(29)21-11-7-4-8-12-21)23(28)24(19(2)31-27)30-17-20-9-5-3-6-10-20/h3-16,19,23-25,27-28H,17H2,1-2H3/t19-,23+,24-,25+,27+/m0/s1. The molecule has 1 N–H and O–H groups in total. The fourth-order valence-corrected chi connectivity index (χ4v) is 4.87. The van der Waals surface area contributed by atoms with Crippen LogP contribution < -0.4 is 0 Å². The Kier molecular flexibility index (Phi) is 7.83. The lowest BCUT2D eigenvalue weighted by molar-refractivity contribution is -0.212. The van der Waals surface area contributed by atoms with Crippen LogP contribution in [0.2, 0.25) is 0 Å². The topological polar surface area (TPSA) is 65.0 Å². The number of aliphatic hydroxyl groups excluding tert-OH is 1. The molecule has 0 aliphatic carbocycles. The lowest BCUT2D eigenvalue weighted by atomic mass is 10.00. The molecule has 1 fully saturated rings. The number of ether oxygens (including phenoxy) is 3. The van der Waals surface area contributed by atoms with Gasteiger partial charge in [0.2, 0.25) is 0 Å². The minimum atomic E-state index is -1.05. The van der Waals surface area contributed by atoms with Crippen molar-refractivity contribution in [3.63, 3.8) is 0 Å². The van der Waals surface area contributed by atoms with E-state index in [2.05, 4.69) is 0 Å². The fourth-order valence-electron chi connectivity index (χ4n) is 3.73. The van der Waals surface area contributed by atoms with Crippen molar-refractivity contribution in [2.24, 2.45) is 0 Å². The van der Waals surface area contributed by atoms with Gasteiger partial charge in [-0.15, -0.1) is 0 Å². The first kappa shape index (κ1) is 23.5. The lowest BCUT2D eigenvalue weighted by Gasteiger charge is -2.42. The molecule has 0 bridgehead atoms. The van der Waals surface area contributed by atoms with E-state index in [1.54, 1.807) is 24.3 Å². The molecule has 1 heterocycles. The Balaban J connectivity index is 1.53. The summed E-state index contributed by atoms with van der Waals surface area (Å²) in [6.07, 6.45) is -2.99. The van der Waals surface area contributed by atoms with Crippen molar-refractivity contribution >= 4 is 17.7 Å². The number of hydrogen-bond acceptors (Lipinski definition) is 6. The predicted molar refractivity (Wildman–Crippen MR) is 128 cm³/mol. The summed E-state index contributed by atoms with van der Waals surface area (Å²) in [5.74, 6) is -0.505. The summed E-state index contributed by atoms with van der Waals surface area (Å²) < 4.78 is 18.1. The maximum Gasteiger partial charge on any atom is 0.338 e. The molecule has 172 valence electrons.